The van der Waals surface area contributed by atoms with Gasteiger partial charge in [0.2, 0.25) is 0 Å². The van der Waals surface area contributed by atoms with Crippen LogP contribution in [0, 0.1) is 5.82 Å². The maximum Gasteiger partial charge on any atom is 0.410 e. The van der Waals surface area contributed by atoms with Crippen molar-refractivity contribution in [2.24, 2.45) is 0 Å². The second-order valence-corrected chi connectivity index (χ2v) is 10.4. The molecule has 39 heavy (non-hydrogen) atoms. The maximum atomic E-state index is 15.4. The summed E-state index contributed by atoms with van der Waals surface area (Å²) < 4.78 is 57.4. The number of hydrogen-bond donors (Lipinski definition) is 1. The average Bonchev–Trinajstić information content (AvgIpc) is 3.23. The topological polar surface area (TPSA) is 108 Å². The number of likely N-dealkylation sites (tertiary alicyclic amines) is 1. The fourth-order valence-electron chi connectivity index (χ4n) is 4.52. The molecule has 1 aliphatic rings. The molecular weight excluding hydrogens is 513 g/mol. The highest BCUT2D eigenvalue weighted by atomic mass is 19.3. The monoisotopic (exact) mass is 540 g/mol. The van der Waals surface area contributed by atoms with Gasteiger partial charge >= 0.3 is 6.09 Å². The van der Waals surface area contributed by atoms with E-state index in [4.69, 9.17) is 15.2 Å². The number of amides is 1. The molecule has 0 unspecified atom stereocenters. The molecular formula is C27H27F3N6O3. The summed E-state index contributed by atoms with van der Waals surface area (Å²) in [6, 6.07) is 12.1. The molecule has 204 valence electrons. The lowest BCUT2D eigenvalue weighted by atomic mass is 10.0. The average molecular weight is 541 g/mol. The molecule has 9 nitrogen and oxygen atoms in total. The summed E-state index contributed by atoms with van der Waals surface area (Å²) in [5, 5.41) is 4.71. The summed E-state index contributed by atoms with van der Waals surface area (Å²) >= 11 is 0. The highest BCUT2D eigenvalue weighted by Gasteiger charge is 2.45. The molecule has 0 bridgehead atoms. The van der Waals surface area contributed by atoms with Gasteiger partial charge in [0.15, 0.2) is 5.65 Å². The van der Waals surface area contributed by atoms with Gasteiger partial charge in [-0.1, -0.05) is 18.2 Å². The Morgan fingerprint density at radius 1 is 1.10 bits per heavy atom. The molecule has 1 amide bonds. The molecule has 2 aromatic heterocycles. The van der Waals surface area contributed by atoms with Crippen LogP contribution in [0.25, 0.3) is 22.3 Å². The van der Waals surface area contributed by atoms with Crippen LogP contribution in [-0.4, -0.2) is 55.4 Å². The number of benzene rings is 2. The van der Waals surface area contributed by atoms with Gasteiger partial charge in [-0.2, -0.15) is 5.10 Å². The van der Waals surface area contributed by atoms with E-state index in [-0.39, 0.29) is 40.4 Å². The van der Waals surface area contributed by atoms with Crippen molar-refractivity contribution in [1.82, 2.24) is 24.6 Å². The first-order valence-corrected chi connectivity index (χ1v) is 12.3. The van der Waals surface area contributed by atoms with E-state index < -0.39 is 42.4 Å². The van der Waals surface area contributed by atoms with Crippen LogP contribution in [0.15, 0.2) is 54.9 Å². The Bertz CT molecular complexity index is 1520. The summed E-state index contributed by atoms with van der Waals surface area (Å²) in [5.41, 5.74) is 5.57. The van der Waals surface area contributed by atoms with Gasteiger partial charge in [-0.3, -0.25) is 0 Å². The predicted molar refractivity (Wildman–Crippen MR) is 138 cm³/mol. The van der Waals surface area contributed by atoms with Gasteiger partial charge in [0.05, 0.1) is 18.0 Å². The van der Waals surface area contributed by atoms with Crippen molar-refractivity contribution in [3.63, 3.8) is 0 Å². The van der Waals surface area contributed by atoms with Crippen LogP contribution in [-0.2, 0) is 4.74 Å². The van der Waals surface area contributed by atoms with Crippen LogP contribution < -0.4 is 10.5 Å². The van der Waals surface area contributed by atoms with E-state index in [0.29, 0.717) is 5.75 Å². The number of carbonyl (C=O) groups is 1. The number of halogens is 3. The lowest BCUT2D eigenvalue weighted by Gasteiger charge is -2.38. The summed E-state index contributed by atoms with van der Waals surface area (Å²) in [6.07, 6.45) is -0.296. The third-order valence-corrected chi connectivity index (χ3v) is 6.08. The van der Waals surface area contributed by atoms with E-state index in [1.165, 1.54) is 23.1 Å². The summed E-state index contributed by atoms with van der Waals surface area (Å²) in [7, 11) is 0. The smallest absolute Gasteiger partial charge is 0.410 e. The molecule has 0 spiro atoms. The zero-order chi connectivity index (χ0) is 27.9. The van der Waals surface area contributed by atoms with Crippen LogP contribution in [0.3, 0.4) is 0 Å². The minimum Gasteiger partial charge on any atom is -0.457 e. The molecule has 2 aromatic carbocycles. The van der Waals surface area contributed by atoms with Crippen LogP contribution in [0.2, 0.25) is 0 Å². The Hall–Kier alpha value is -4.35. The van der Waals surface area contributed by atoms with Crippen molar-refractivity contribution in [2.75, 3.05) is 18.8 Å². The van der Waals surface area contributed by atoms with Gasteiger partial charge in [0.25, 0.3) is 5.92 Å². The van der Waals surface area contributed by atoms with E-state index in [2.05, 4.69) is 15.1 Å². The minimum absolute atomic E-state index is 0.0110. The Balaban J connectivity index is 1.53. The van der Waals surface area contributed by atoms with Crippen LogP contribution in [0.1, 0.15) is 33.2 Å². The second kappa shape index (κ2) is 9.75. The van der Waals surface area contributed by atoms with Gasteiger partial charge in [-0.25, -0.2) is 32.6 Å². The van der Waals surface area contributed by atoms with E-state index in [0.717, 1.165) is 4.90 Å². The molecule has 1 saturated heterocycles. The Kier molecular flexibility index (Phi) is 6.57. The van der Waals surface area contributed by atoms with Crippen LogP contribution >= 0.6 is 0 Å². The number of anilines is 1. The number of alkyl halides is 2. The van der Waals surface area contributed by atoms with Gasteiger partial charge in [0, 0.05) is 24.6 Å². The number of carbonyl (C=O) groups excluding carboxylic acids is 1. The van der Waals surface area contributed by atoms with E-state index >= 15 is 4.39 Å². The van der Waals surface area contributed by atoms with E-state index in [1.807, 2.05) is 6.07 Å². The second-order valence-electron chi connectivity index (χ2n) is 10.4. The molecule has 0 radical (unpaired) electrons. The summed E-state index contributed by atoms with van der Waals surface area (Å²) in [6.45, 7) is 4.06. The number of ether oxygens (including phenoxy) is 2. The number of piperidine rings is 1. The zero-order valence-electron chi connectivity index (χ0n) is 21.6. The molecule has 0 aliphatic carbocycles. The number of nitrogens with zero attached hydrogens (tertiary/aromatic N) is 5. The Morgan fingerprint density at radius 3 is 2.54 bits per heavy atom. The van der Waals surface area contributed by atoms with Crippen molar-refractivity contribution < 1.29 is 27.4 Å². The Labute approximate surface area is 222 Å². The summed E-state index contributed by atoms with van der Waals surface area (Å²) in [5.74, 6) is -3.09. The number of nitrogens with two attached hydrogens (primary N) is 1. The predicted octanol–water partition coefficient (Wildman–Crippen LogP) is 5.82. The fraction of sp³-hybridized carbons (Fsp3) is 0.333. The first kappa shape index (κ1) is 26.3. The quantitative estimate of drug-likeness (QED) is 0.347. The third-order valence-electron chi connectivity index (χ3n) is 6.08. The molecule has 1 aliphatic heterocycles. The van der Waals surface area contributed by atoms with Crippen molar-refractivity contribution in [3.05, 3.63) is 60.7 Å². The van der Waals surface area contributed by atoms with Gasteiger partial charge in [-0.05, 0) is 45.0 Å². The first-order valence-electron chi connectivity index (χ1n) is 12.3. The third kappa shape index (κ3) is 5.59. The molecule has 12 heteroatoms. The summed E-state index contributed by atoms with van der Waals surface area (Å²) in [4.78, 5) is 21.8. The molecule has 3 heterocycles. The molecule has 0 saturated carbocycles. The molecule has 5 rings (SSSR count). The highest BCUT2D eigenvalue weighted by Crippen LogP contribution is 2.39. The number of nitrogen functional groups attached to an aromatic ring is 1. The number of para-hydroxylation sites is 1. The standard InChI is InChI=1S/C27H27F3N6O3/c1-26(2,3)39-25(37)35-13-16(12-27(29,30)14-35)36-24-21(23(31)32-15-33-24)22(34-36)19-10-9-18(11-20(19)28)38-17-7-5-4-6-8-17/h4-11,15-16H,12-14H2,1-3H3,(H2,31,32,33)/t16-/m1/s1. The van der Waals surface area contributed by atoms with Crippen molar-refractivity contribution in [2.45, 2.75) is 44.8 Å². The minimum atomic E-state index is -3.22. The van der Waals surface area contributed by atoms with Crippen LogP contribution in [0.4, 0.5) is 23.8 Å². The van der Waals surface area contributed by atoms with Gasteiger partial charge in [-0.15, -0.1) is 0 Å². The largest absolute Gasteiger partial charge is 0.457 e. The highest BCUT2D eigenvalue weighted by molar-refractivity contribution is 5.98. The van der Waals surface area contributed by atoms with Gasteiger partial charge in [0.1, 0.15) is 40.8 Å². The number of aromatic nitrogens is 4. The molecule has 4 aromatic rings. The molecule has 2 N–H and O–H groups in total. The van der Waals surface area contributed by atoms with Crippen molar-refractivity contribution >= 4 is 22.9 Å². The maximum absolute atomic E-state index is 15.4. The van der Waals surface area contributed by atoms with Gasteiger partial charge < -0.3 is 20.1 Å². The zero-order valence-corrected chi connectivity index (χ0v) is 21.6. The van der Waals surface area contributed by atoms with Crippen molar-refractivity contribution in [1.29, 1.82) is 0 Å². The normalized spacial score (nSPS) is 17.3. The van der Waals surface area contributed by atoms with E-state index in [9.17, 15) is 13.6 Å². The SMILES string of the molecule is CC(C)(C)OC(=O)N1C[C@H](n2nc(-c3ccc(Oc4ccccc4)cc3F)c3c(N)ncnc32)CC(F)(F)C1. The Morgan fingerprint density at radius 2 is 1.85 bits per heavy atom. The molecule has 1 atom stereocenters. The lowest BCUT2D eigenvalue weighted by molar-refractivity contribution is -0.0847. The number of fused-ring (bicyclic) bond motifs is 1. The molecule has 1 fully saturated rings. The lowest BCUT2D eigenvalue weighted by Crippen LogP contribution is -2.51. The first-order chi connectivity index (χ1) is 18.4. The number of rotatable bonds is 4. The number of hydrogen-bond acceptors (Lipinski definition) is 7. The fourth-order valence-corrected chi connectivity index (χ4v) is 4.52. The van der Waals surface area contributed by atoms with Crippen LogP contribution in [0.5, 0.6) is 11.5 Å². The van der Waals surface area contributed by atoms with E-state index in [1.54, 1.807) is 51.1 Å². The van der Waals surface area contributed by atoms with Crippen molar-refractivity contribution in [3.8, 4) is 22.8 Å².